The first-order valence-corrected chi connectivity index (χ1v) is 4.47. The second-order valence-corrected chi connectivity index (χ2v) is 3.24. The van der Waals surface area contributed by atoms with Crippen LogP contribution in [-0.4, -0.2) is 17.6 Å². The van der Waals surface area contributed by atoms with Gasteiger partial charge in [0, 0.05) is 5.56 Å². The van der Waals surface area contributed by atoms with Crippen molar-refractivity contribution in [2.75, 3.05) is 6.54 Å². The topological polar surface area (TPSA) is 72.5 Å². The Labute approximate surface area is 81.3 Å². The molecule has 4 heteroatoms. The van der Waals surface area contributed by atoms with Gasteiger partial charge < -0.3 is 15.6 Å². The molecule has 0 aliphatic carbocycles. The van der Waals surface area contributed by atoms with E-state index in [0.29, 0.717) is 18.7 Å². The minimum absolute atomic E-state index is 0.0200. The molecule has 0 amide bonds. The molecule has 74 valence electrons. The van der Waals surface area contributed by atoms with E-state index in [-0.39, 0.29) is 18.1 Å². The zero-order valence-electron chi connectivity index (χ0n) is 7.62. The van der Waals surface area contributed by atoms with Gasteiger partial charge in [-0.2, -0.15) is 0 Å². The Bertz CT molecular complexity index is 387. The van der Waals surface area contributed by atoms with Gasteiger partial charge in [0.1, 0.15) is 0 Å². The van der Waals surface area contributed by atoms with Crippen LogP contribution in [0.3, 0.4) is 0 Å². The molecule has 1 heterocycles. The van der Waals surface area contributed by atoms with Crippen LogP contribution in [0.25, 0.3) is 0 Å². The molecule has 2 rings (SSSR count). The number of hydrogen-bond acceptors (Lipinski definition) is 4. The number of phenols is 1. The Kier molecular flexibility index (Phi) is 2.13. The van der Waals surface area contributed by atoms with Crippen LogP contribution in [0.4, 0.5) is 0 Å². The number of carbonyl (C=O) groups is 1. The van der Waals surface area contributed by atoms with Crippen LogP contribution < -0.4 is 10.5 Å². The second kappa shape index (κ2) is 3.31. The van der Waals surface area contributed by atoms with Crippen molar-refractivity contribution in [2.45, 2.75) is 12.8 Å². The Morgan fingerprint density at radius 1 is 1.50 bits per heavy atom. The molecule has 1 aliphatic heterocycles. The van der Waals surface area contributed by atoms with Gasteiger partial charge in [0.2, 0.25) is 0 Å². The maximum atomic E-state index is 11.0. The molecule has 3 N–H and O–H groups in total. The molecule has 1 aliphatic rings. The van der Waals surface area contributed by atoms with Crippen LogP contribution in [-0.2, 0) is 17.6 Å². The van der Waals surface area contributed by atoms with E-state index in [2.05, 4.69) is 0 Å². The fourth-order valence-corrected chi connectivity index (χ4v) is 1.65. The van der Waals surface area contributed by atoms with E-state index in [4.69, 9.17) is 10.5 Å². The minimum atomic E-state index is -0.320. The van der Waals surface area contributed by atoms with Crippen molar-refractivity contribution in [2.24, 2.45) is 5.73 Å². The van der Waals surface area contributed by atoms with E-state index in [0.717, 1.165) is 11.1 Å². The quantitative estimate of drug-likeness (QED) is 0.525. The molecule has 0 saturated heterocycles. The van der Waals surface area contributed by atoms with Crippen LogP contribution in [0.2, 0.25) is 0 Å². The smallest absolute Gasteiger partial charge is 0.315 e. The first-order chi connectivity index (χ1) is 6.72. The molecule has 0 saturated carbocycles. The fourth-order valence-electron chi connectivity index (χ4n) is 1.65. The van der Waals surface area contributed by atoms with Gasteiger partial charge in [-0.1, -0.05) is 6.07 Å². The van der Waals surface area contributed by atoms with Gasteiger partial charge in [-0.25, -0.2) is 0 Å². The molecule has 14 heavy (non-hydrogen) atoms. The number of ether oxygens (including phenoxy) is 1. The highest BCUT2D eigenvalue weighted by Crippen LogP contribution is 2.37. The fraction of sp³-hybridized carbons (Fsp3) is 0.300. The Hall–Kier alpha value is -1.55. The average Bonchev–Trinajstić information content (AvgIpc) is 2.53. The largest absolute Gasteiger partial charge is 0.504 e. The molecule has 0 fully saturated rings. The lowest BCUT2D eigenvalue weighted by Crippen LogP contribution is -2.05. The van der Waals surface area contributed by atoms with Crippen LogP contribution >= 0.6 is 0 Å². The molecule has 0 unspecified atom stereocenters. The van der Waals surface area contributed by atoms with Crippen LogP contribution in [0.5, 0.6) is 11.5 Å². The average molecular weight is 193 g/mol. The minimum Gasteiger partial charge on any atom is -0.504 e. The lowest BCUT2D eigenvalue weighted by molar-refractivity contribution is -0.131. The maximum Gasteiger partial charge on any atom is 0.315 e. The van der Waals surface area contributed by atoms with E-state index >= 15 is 0 Å². The summed E-state index contributed by atoms with van der Waals surface area (Å²) in [7, 11) is 0. The van der Waals surface area contributed by atoms with Gasteiger partial charge in [-0.3, -0.25) is 4.79 Å². The van der Waals surface area contributed by atoms with Crippen LogP contribution in [0.15, 0.2) is 12.1 Å². The summed E-state index contributed by atoms with van der Waals surface area (Å²) in [4.78, 5) is 11.0. The van der Waals surface area contributed by atoms with Crippen molar-refractivity contribution < 1.29 is 14.6 Å². The zero-order chi connectivity index (χ0) is 10.1. The maximum absolute atomic E-state index is 11.0. The van der Waals surface area contributed by atoms with Gasteiger partial charge in [0.15, 0.2) is 11.5 Å². The van der Waals surface area contributed by atoms with Gasteiger partial charge >= 0.3 is 5.97 Å². The summed E-state index contributed by atoms with van der Waals surface area (Å²) in [6.07, 6.45) is 0.929. The number of benzene rings is 1. The first kappa shape index (κ1) is 9.02. The molecular formula is C10H11NO3. The summed E-state index contributed by atoms with van der Waals surface area (Å²) in [5.41, 5.74) is 7.20. The highest BCUT2D eigenvalue weighted by atomic mass is 16.5. The van der Waals surface area contributed by atoms with E-state index in [9.17, 15) is 9.90 Å². The van der Waals surface area contributed by atoms with E-state index in [1.807, 2.05) is 0 Å². The van der Waals surface area contributed by atoms with E-state index in [1.165, 1.54) is 6.07 Å². The number of rotatable bonds is 2. The standard InChI is InChI=1S/C10H11NO3/c11-4-3-6-1-2-8(12)10-7(6)5-9(13)14-10/h1-2,12H,3-5,11H2. The summed E-state index contributed by atoms with van der Waals surface area (Å²) < 4.78 is 4.89. The molecule has 0 radical (unpaired) electrons. The Morgan fingerprint density at radius 2 is 2.29 bits per heavy atom. The number of aromatic hydroxyl groups is 1. The number of fused-ring (bicyclic) bond motifs is 1. The van der Waals surface area contributed by atoms with Gasteiger partial charge in [-0.05, 0) is 24.6 Å². The third kappa shape index (κ3) is 1.33. The highest BCUT2D eigenvalue weighted by molar-refractivity contribution is 5.83. The lowest BCUT2D eigenvalue weighted by Gasteiger charge is -2.05. The van der Waals surface area contributed by atoms with Gasteiger partial charge in [0.05, 0.1) is 6.42 Å². The molecule has 4 nitrogen and oxygen atoms in total. The number of nitrogens with two attached hydrogens (primary N) is 1. The number of carbonyl (C=O) groups excluding carboxylic acids is 1. The highest BCUT2D eigenvalue weighted by Gasteiger charge is 2.25. The summed E-state index contributed by atoms with van der Waals surface area (Å²) in [6.45, 7) is 0.519. The molecule has 0 spiro atoms. The molecular weight excluding hydrogens is 182 g/mol. The summed E-state index contributed by atoms with van der Waals surface area (Å²) >= 11 is 0. The Morgan fingerprint density at radius 3 is 3.00 bits per heavy atom. The summed E-state index contributed by atoms with van der Waals surface area (Å²) in [6, 6.07) is 3.31. The van der Waals surface area contributed by atoms with E-state index < -0.39 is 0 Å². The van der Waals surface area contributed by atoms with Gasteiger partial charge in [-0.15, -0.1) is 0 Å². The van der Waals surface area contributed by atoms with Crippen LogP contribution in [0.1, 0.15) is 11.1 Å². The number of phenolic OH excluding ortho intramolecular Hbond substituents is 1. The molecule has 0 aromatic heterocycles. The van der Waals surface area contributed by atoms with Crippen molar-refractivity contribution in [3.8, 4) is 11.5 Å². The van der Waals surface area contributed by atoms with E-state index in [1.54, 1.807) is 6.07 Å². The van der Waals surface area contributed by atoms with Crippen molar-refractivity contribution in [3.05, 3.63) is 23.3 Å². The SMILES string of the molecule is NCCc1ccc(O)c2c1CC(=O)O2. The van der Waals surface area contributed by atoms with Crippen molar-refractivity contribution in [1.29, 1.82) is 0 Å². The molecule has 0 bridgehead atoms. The third-order valence-electron chi connectivity index (χ3n) is 2.29. The van der Waals surface area contributed by atoms with Crippen molar-refractivity contribution >= 4 is 5.97 Å². The monoisotopic (exact) mass is 193 g/mol. The normalized spacial score (nSPS) is 13.9. The van der Waals surface area contributed by atoms with Crippen molar-refractivity contribution in [1.82, 2.24) is 0 Å². The Balaban J connectivity index is 2.47. The second-order valence-electron chi connectivity index (χ2n) is 3.24. The van der Waals surface area contributed by atoms with Gasteiger partial charge in [0.25, 0.3) is 0 Å². The third-order valence-corrected chi connectivity index (χ3v) is 2.29. The predicted molar refractivity (Wildman–Crippen MR) is 50.2 cm³/mol. The lowest BCUT2D eigenvalue weighted by atomic mass is 10.0. The number of esters is 1. The molecule has 1 aromatic carbocycles. The first-order valence-electron chi connectivity index (χ1n) is 4.47. The predicted octanol–water partition coefficient (Wildman–Crippen LogP) is 0.355. The van der Waals surface area contributed by atoms with Crippen molar-refractivity contribution in [3.63, 3.8) is 0 Å². The molecule has 1 aromatic rings. The van der Waals surface area contributed by atoms with Crippen LogP contribution in [0, 0.1) is 0 Å². The molecule has 0 atom stereocenters. The summed E-state index contributed by atoms with van der Waals surface area (Å²) in [5, 5.41) is 9.43. The zero-order valence-corrected chi connectivity index (χ0v) is 7.62. The summed E-state index contributed by atoms with van der Waals surface area (Å²) in [5.74, 6) is 0.00680. The number of hydrogen-bond donors (Lipinski definition) is 2.